The van der Waals surface area contributed by atoms with Crippen molar-refractivity contribution in [2.75, 3.05) is 19.6 Å². The van der Waals surface area contributed by atoms with E-state index in [1.165, 1.54) is 0 Å². The Labute approximate surface area is 189 Å². The summed E-state index contributed by atoms with van der Waals surface area (Å²) in [5.74, 6) is -0.195. The maximum Gasteiger partial charge on any atom is 0.410 e. The topological polar surface area (TPSA) is 67.7 Å². The number of fused-ring (bicyclic) bond motifs is 1. The van der Waals surface area contributed by atoms with Gasteiger partial charge in [0.1, 0.15) is 12.8 Å². The van der Waals surface area contributed by atoms with Gasteiger partial charge < -0.3 is 14.5 Å². The number of nitrogens with zero attached hydrogens (tertiary/aromatic N) is 4. The molecule has 0 unspecified atom stereocenters. The molecule has 2 amide bonds. The van der Waals surface area contributed by atoms with Crippen LogP contribution in [0.15, 0.2) is 24.3 Å². The second-order valence-electron chi connectivity index (χ2n) is 7.82. The molecule has 7 nitrogen and oxygen atoms in total. The summed E-state index contributed by atoms with van der Waals surface area (Å²) in [5, 5.41) is 5.39. The van der Waals surface area contributed by atoms with Crippen LogP contribution in [0.3, 0.4) is 0 Å². The molecular formula is C21H23Cl2FN4O3. The summed E-state index contributed by atoms with van der Waals surface area (Å²) in [4.78, 5) is 28.6. The first-order valence-corrected chi connectivity index (χ1v) is 11.0. The molecule has 0 saturated carbocycles. The predicted octanol–water partition coefficient (Wildman–Crippen LogP) is 4.31. The van der Waals surface area contributed by atoms with Gasteiger partial charge in [0.15, 0.2) is 5.69 Å². The van der Waals surface area contributed by atoms with Crippen LogP contribution in [0.25, 0.3) is 0 Å². The number of aromatic nitrogens is 2. The number of hydrogen-bond donors (Lipinski definition) is 0. The van der Waals surface area contributed by atoms with Gasteiger partial charge in [0.05, 0.1) is 12.2 Å². The van der Waals surface area contributed by atoms with Crippen LogP contribution in [-0.4, -0.2) is 57.4 Å². The predicted molar refractivity (Wildman–Crippen MR) is 114 cm³/mol. The minimum atomic E-state index is -0.842. The molecule has 0 atom stereocenters. The van der Waals surface area contributed by atoms with Crippen LogP contribution < -0.4 is 0 Å². The maximum absolute atomic E-state index is 13.4. The average Bonchev–Trinajstić information content (AvgIpc) is 3.03. The molecule has 1 aromatic heterocycles. The van der Waals surface area contributed by atoms with Crippen LogP contribution in [0.2, 0.25) is 10.0 Å². The van der Waals surface area contributed by atoms with Crippen LogP contribution in [0.5, 0.6) is 0 Å². The maximum atomic E-state index is 13.4. The van der Waals surface area contributed by atoms with E-state index in [4.69, 9.17) is 27.9 Å². The molecule has 31 heavy (non-hydrogen) atoms. The second kappa shape index (κ2) is 9.44. The third-order valence-electron chi connectivity index (χ3n) is 5.49. The molecule has 0 bridgehead atoms. The van der Waals surface area contributed by atoms with Gasteiger partial charge >= 0.3 is 6.09 Å². The summed E-state index contributed by atoms with van der Waals surface area (Å²) in [5.41, 5.74) is 1.80. The van der Waals surface area contributed by atoms with E-state index in [0.717, 1.165) is 5.69 Å². The van der Waals surface area contributed by atoms with Gasteiger partial charge in [0.25, 0.3) is 5.91 Å². The largest absolute Gasteiger partial charge is 0.445 e. The van der Waals surface area contributed by atoms with Gasteiger partial charge in [-0.05, 0) is 49.1 Å². The first-order valence-electron chi connectivity index (χ1n) is 10.3. The molecule has 10 heteroatoms. The first-order chi connectivity index (χ1) is 14.9. The highest BCUT2D eigenvalue weighted by Gasteiger charge is 2.27. The summed E-state index contributed by atoms with van der Waals surface area (Å²) >= 11 is 12.0. The number of amides is 2. The SMILES string of the molecule is O=C(OCc1cc(Cl)cc(Cl)c1)N1CCCn2nc(C(=O)N3CCC(F)CC3)cc2C1. The van der Waals surface area contributed by atoms with Gasteiger partial charge in [0, 0.05) is 36.2 Å². The highest BCUT2D eigenvalue weighted by atomic mass is 35.5. The number of likely N-dealkylation sites (tertiary alicyclic amines) is 1. The zero-order valence-electron chi connectivity index (χ0n) is 16.9. The highest BCUT2D eigenvalue weighted by Crippen LogP contribution is 2.21. The fourth-order valence-electron chi connectivity index (χ4n) is 3.87. The number of carbonyl (C=O) groups is 2. The number of alkyl halides is 1. The van der Waals surface area contributed by atoms with Gasteiger partial charge in [-0.15, -0.1) is 0 Å². The summed E-state index contributed by atoms with van der Waals surface area (Å²) < 4.78 is 20.6. The Hall–Kier alpha value is -2.32. The molecule has 166 valence electrons. The third kappa shape index (κ3) is 5.30. The van der Waals surface area contributed by atoms with E-state index in [9.17, 15) is 14.0 Å². The molecule has 4 rings (SSSR count). The standard InChI is InChI=1S/C21H23Cl2FN4O3/c22-15-8-14(9-16(23)10-15)13-31-21(30)27-4-1-5-28-18(12-27)11-19(25-28)20(29)26-6-2-17(24)3-7-26/h8-11,17H,1-7,12-13H2. The Balaban J connectivity index is 1.39. The Kier molecular flexibility index (Phi) is 6.67. The van der Waals surface area contributed by atoms with Crippen LogP contribution in [0, 0.1) is 0 Å². The monoisotopic (exact) mass is 468 g/mol. The zero-order chi connectivity index (χ0) is 22.0. The van der Waals surface area contributed by atoms with Gasteiger partial charge in [-0.1, -0.05) is 23.2 Å². The molecule has 1 fully saturated rings. The van der Waals surface area contributed by atoms with Gasteiger partial charge in [-0.2, -0.15) is 5.10 Å². The summed E-state index contributed by atoms with van der Waals surface area (Å²) in [6.45, 7) is 2.27. The highest BCUT2D eigenvalue weighted by molar-refractivity contribution is 6.34. The Morgan fingerprint density at radius 1 is 1.03 bits per heavy atom. The average molecular weight is 469 g/mol. The smallest absolute Gasteiger partial charge is 0.410 e. The number of rotatable bonds is 3. The van der Waals surface area contributed by atoms with E-state index in [1.807, 2.05) is 0 Å². The van der Waals surface area contributed by atoms with Crippen molar-refractivity contribution in [2.45, 2.75) is 45.1 Å². The van der Waals surface area contributed by atoms with E-state index in [-0.39, 0.29) is 12.5 Å². The van der Waals surface area contributed by atoms with E-state index >= 15 is 0 Å². The number of carbonyl (C=O) groups excluding carboxylic acids is 2. The fourth-order valence-corrected chi connectivity index (χ4v) is 4.44. The molecule has 2 aliphatic heterocycles. The summed E-state index contributed by atoms with van der Waals surface area (Å²) in [7, 11) is 0. The van der Waals surface area contributed by atoms with E-state index < -0.39 is 12.3 Å². The van der Waals surface area contributed by atoms with Gasteiger partial charge in [0.2, 0.25) is 0 Å². The van der Waals surface area contributed by atoms with Crippen molar-refractivity contribution >= 4 is 35.2 Å². The number of ether oxygens (including phenoxy) is 1. The molecule has 3 heterocycles. The van der Waals surface area contributed by atoms with Crippen LogP contribution in [-0.2, 0) is 24.4 Å². The Bertz CT molecular complexity index is 955. The van der Waals surface area contributed by atoms with Crippen molar-refractivity contribution in [1.29, 1.82) is 0 Å². The number of aryl methyl sites for hydroxylation is 1. The molecular weight excluding hydrogens is 446 g/mol. The molecule has 0 spiro atoms. The van der Waals surface area contributed by atoms with Crippen molar-refractivity contribution in [3.8, 4) is 0 Å². The van der Waals surface area contributed by atoms with Crippen molar-refractivity contribution in [3.63, 3.8) is 0 Å². The molecule has 0 radical (unpaired) electrons. The number of benzene rings is 1. The molecule has 1 aromatic carbocycles. The minimum Gasteiger partial charge on any atom is -0.445 e. The van der Waals surface area contributed by atoms with Crippen molar-refractivity contribution < 1.29 is 18.7 Å². The quantitative estimate of drug-likeness (QED) is 0.672. The number of hydrogen-bond acceptors (Lipinski definition) is 4. The lowest BCUT2D eigenvalue weighted by molar-refractivity contribution is 0.0660. The van der Waals surface area contributed by atoms with E-state index in [0.29, 0.717) is 73.3 Å². The van der Waals surface area contributed by atoms with Crippen LogP contribution in [0.1, 0.15) is 41.0 Å². The third-order valence-corrected chi connectivity index (χ3v) is 5.92. The van der Waals surface area contributed by atoms with Gasteiger partial charge in [-0.25, -0.2) is 9.18 Å². The second-order valence-corrected chi connectivity index (χ2v) is 8.69. The van der Waals surface area contributed by atoms with Crippen molar-refractivity contribution in [3.05, 3.63) is 51.3 Å². The van der Waals surface area contributed by atoms with Crippen LogP contribution in [0.4, 0.5) is 9.18 Å². The molecule has 1 saturated heterocycles. The summed E-state index contributed by atoms with van der Waals surface area (Å²) in [6, 6.07) is 6.72. The van der Waals surface area contributed by atoms with Crippen LogP contribution >= 0.6 is 23.2 Å². The normalized spacial score (nSPS) is 17.3. The van der Waals surface area contributed by atoms with Crippen molar-refractivity contribution in [1.82, 2.24) is 19.6 Å². The fraction of sp³-hybridized carbons (Fsp3) is 0.476. The van der Waals surface area contributed by atoms with E-state index in [2.05, 4.69) is 5.10 Å². The Morgan fingerprint density at radius 2 is 1.74 bits per heavy atom. The molecule has 2 aliphatic rings. The number of halogens is 3. The number of piperidine rings is 1. The van der Waals surface area contributed by atoms with Gasteiger partial charge in [-0.3, -0.25) is 9.48 Å². The molecule has 2 aromatic rings. The summed E-state index contributed by atoms with van der Waals surface area (Å²) in [6.07, 6.45) is 0.107. The van der Waals surface area contributed by atoms with E-state index in [1.54, 1.807) is 38.7 Å². The lowest BCUT2D eigenvalue weighted by Gasteiger charge is -2.27. The zero-order valence-corrected chi connectivity index (χ0v) is 18.4. The lowest BCUT2D eigenvalue weighted by atomic mass is 10.1. The first kappa shape index (κ1) is 21.9. The molecule has 0 N–H and O–H groups in total. The molecule has 0 aliphatic carbocycles. The lowest BCUT2D eigenvalue weighted by Crippen LogP contribution is -2.39. The van der Waals surface area contributed by atoms with Crippen molar-refractivity contribution in [2.24, 2.45) is 0 Å². The Morgan fingerprint density at radius 3 is 2.45 bits per heavy atom. The minimum absolute atomic E-state index is 0.0587.